The molecule has 1 aliphatic carbocycles. The van der Waals surface area contributed by atoms with Gasteiger partial charge < -0.3 is 10.8 Å². The molecule has 0 aromatic carbocycles. The van der Waals surface area contributed by atoms with Crippen molar-refractivity contribution in [1.29, 1.82) is 0 Å². The summed E-state index contributed by atoms with van der Waals surface area (Å²) in [4.78, 5) is 4.39. The molecule has 1 saturated carbocycles. The van der Waals surface area contributed by atoms with Gasteiger partial charge in [-0.2, -0.15) is 0 Å². The highest BCUT2D eigenvalue weighted by Gasteiger charge is 2.41. The number of pyridine rings is 1. The first-order valence-electron chi connectivity index (χ1n) is 7.21. The molecule has 1 aromatic heterocycles. The number of aliphatic hydroxyl groups excluding tert-OH is 1. The zero-order chi connectivity index (χ0) is 14.8. The van der Waals surface area contributed by atoms with Gasteiger partial charge in [0.1, 0.15) is 6.10 Å². The molecular weight excluding hydrogens is 384 g/mol. The Morgan fingerprint density at radius 3 is 2.60 bits per heavy atom. The minimum Gasteiger partial charge on any atom is -0.386 e. The number of rotatable bonds is 4. The summed E-state index contributed by atoms with van der Waals surface area (Å²) >= 11 is 6.89. The lowest BCUT2D eigenvalue weighted by molar-refractivity contribution is -0.0134. The van der Waals surface area contributed by atoms with Crippen molar-refractivity contribution in [3.05, 3.63) is 26.9 Å². The zero-order valence-corrected chi connectivity index (χ0v) is 15.0. The van der Waals surface area contributed by atoms with Crippen molar-refractivity contribution in [1.82, 2.24) is 4.98 Å². The Balaban J connectivity index is 2.23. The van der Waals surface area contributed by atoms with Crippen LogP contribution in [0, 0.1) is 11.3 Å². The van der Waals surface area contributed by atoms with Gasteiger partial charge in [0, 0.05) is 27.1 Å². The number of aromatic nitrogens is 1. The molecule has 1 aliphatic rings. The fourth-order valence-corrected chi connectivity index (χ4v) is 4.37. The number of hydrogen-bond acceptors (Lipinski definition) is 3. The Hall–Kier alpha value is 0.0300. The van der Waals surface area contributed by atoms with E-state index in [1.54, 1.807) is 6.20 Å². The summed E-state index contributed by atoms with van der Waals surface area (Å²) in [6.45, 7) is 2.75. The normalized spacial score (nSPS) is 28.4. The van der Waals surface area contributed by atoms with Crippen LogP contribution in [0.15, 0.2) is 21.2 Å². The summed E-state index contributed by atoms with van der Waals surface area (Å²) in [5, 5.41) is 10.8. The molecule has 0 saturated heterocycles. The maximum absolute atomic E-state index is 10.8. The van der Waals surface area contributed by atoms with Crippen molar-refractivity contribution in [3.63, 3.8) is 0 Å². The smallest absolute Gasteiger partial charge is 0.104 e. The van der Waals surface area contributed by atoms with Crippen LogP contribution in [-0.4, -0.2) is 16.6 Å². The second kappa shape index (κ2) is 6.86. The molecule has 1 aromatic rings. The Kier molecular flexibility index (Phi) is 5.63. The first kappa shape index (κ1) is 16.4. The largest absolute Gasteiger partial charge is 0.386 e. The van der Waals surface area contributed by atoms with E-state index in [1.165, 1.54) is 6.42 Å². The topological polar surface area (TPSA) is 59.1 Å². The lowest BCUT2D eigenvalue weighted by Gasteiger charge is -2.42. The van der Waals surface area contributed by atoms with Crippen molar-refractivity contribution in [3.8, 4) is 0 Å². The zero-order valence-electron chi connectivity index (χ0n) is 11.8. The Morgan fingerprint density at radius 1 is 1.45 bits per heavy atom. The molecule has 3 N–H and O–H groups in total. The molecule has 0 radical (unpaired) electrons. The number of halogens is 2. The number of nitrogens with zero attached hydrogens (tertiary/aromatic N) is 1. The van der Waals surface area contributed by atoms with Crippen LogP contribution in [0.2, 0.25) is 0 Å². The summed E-state index contributed by atoms with van der Waals surface area (Å²) in [5.41, 5.74) is 6.51. The highest BCUT2D eigenvalue weighted by Crippen LogP contribution is 2.48. The monoisotopic (exact) mass is 404 g/mol. The molecule has 112 valence electrons. The van der Waals surface area contributed by atoms with Gasteiger partial charge in [0.2, 0.25) is 0 Å². The average Bonchev–Trinajstić information content (AvgIpc) is 2.46. The van der Waals surface area contributed by atoms with Crippen molar-refractivity contribution < 1.29 is 5.11 Å². The predicted octanol–water partition coefficient (Wildman–Crippen LogP) is 4.19. The molecule has 0 bridgehead atoms. The number of nitrogens with two attached hydrogens (primary N) is 1. The van der Waals surface area contributed by atoms with Gasteiger partial charge in [-0.1, -0.05) is 13.3 Å². The van der Waals surface area contributed by atoms with Crippen molar-refractivity contribution in [2.75, 3.05) is 6.54 Å². The highest BCUT2D eigenvalue weighted by molar-refractivity contribution is 9.11. The molecular formula is C15H22Br2N2O. The molecule has 1 atom stereocenters. The third kappa shape index (κ3) is 3.26. The van der Waals surface area contributed by atoms with E-state index >= 15 is 0 Å². The minimum absolute atomic E-state index is 0.227. The van der Waals surface area contributed by atoms with Crippen LogP contribution < -0.4 is 5.73 Å². The van der Waals surface area contributed by atoms with E-state index in [0.717, 1.165) is 40.5 Å². The van der Waals surface area contributed by atoms with Crippen molar-refractivity contribution in [2.45, 2.75) is 45.1 Å². The van der Waals surface area contributed by atoms with E-state index in [1.807, 2.05) is 6.07 Å². The van der Waals surface area contributed by atoms with Gasteiger partial charge in [-0.15, -0.1) is 0 Å². The quantitative estimate of drug-likeness (QED) is 0.789. The van der Waals surface area contributed by atoms with Crippen molar-refractivity contribution >= 4 is 31.9 Å². The molecule has 0 aliphatic heterocycles. The maximum Gasteiger partial charge on any atom is 0.104 e. The molecule has 0 amide bonds. The van der Waals surface area contributed by atoms with Gasteiger partial charge in [0.15, 0.2) is 0 Å². The molecule has 5 heteroatoms. The molecule has 20 heavy (non-hydrogen) atoms. The van der Waals surface area contributed by atoms with E-state index < -0.39 is 6.10 Å². The standard InChI is InChI=1S/C15H22Br2N2O/c1-2-10-3-5-15(9-18,6-4-10)14(20)13-12(17)7-11(16)8-19-13/h7-8,10,14,20H,2-6,9,18H2,1H3. The second-order valence-electron chi connectivity index (χ2n) is 5.84. The van der Waals surface area contributed by atoms with Crippen LogP contribution in [0.1, 0.15) is 50.8 Å². The van der Waals surface area contributed by atoms with E-state index in [0.29, 0.717) is 12.2 Å². The highest BCUT2D eigenvalue weighted by atomic mass is 79.9. The van der Waals surface area contributed by atoms with E-state index in [9.17, 15) is 5.11 Å². The summed E-state index contributed by atoms with van der Waals surface area (Å²) in [5.74, 6) is 0.781. The maximum atomic E-state index is 10.8. The van der Waals surface area contributed by atoms with Crippen LogP contribution in [-0.2, 0) is 0 Å². The molecule has 0 spiro atoms. The lowest BCUT2D eigenvalue weighted by atomic mass is 9.66. The Labute approximate surface area is 137 Å². The second-order valence-corrected chi connectivity index (χ2v) is 7.61. The fourth-order valence-electron chi connectivity index (χ4n) is 3.17. The SMILES string of the molecule is CCC1CCC(CN)(C(O)c2ncc(Br)cc2Br)CC1. The first-order chi connectivity index (χ1) is 9.52. The average molecular weight is 406 g/mol. The molecule has 2 rings (SSSR count). The van der Waals surface area contributed by atoms with Crippen molar-refractivity contribution in [2.24, 2.45) is 17.1 Å². The van der Waals surface area contributed by atoms with Gasteiger partial charge in [-0.05, 0) is 69.5 Å². The molecule has 3 nitrogen and oxygen atoms in total. The molecule has 1 unspecified atom stereocenters. The Bertz CT molecular complexity index is 459. The van der Waals surface area contributed by atoms with Gasteiger partial charge in [0.05, 0.1) is 5.69 Å². The van der Waals surface area contributed by atoms with Gasteiger partial charge >= 0.3 is 0 Å². The summed E-state index contributed by atoms with van der Waals surface area (Å²) in [7, 11) is 0. The summed E-state index contributed by atoms with van der Waals surface area (Å²) in [6, 6.07) is 1.92. The van der Waals surface area contributed by atoms with Crippen LogP contribution >= 0.6 is 31.9 Å². The summed E-state index contributed by atoms with van der Waals surface area (Å²) < 4.78 is 1.74. The third-order valence-corrected chi connectivity index (χ3v) is 5.83. The minimum atomic E-state index is -0.604. The first-order valence-corrected chi connectivity index (χ1v) is 8.80. The number of hydrogen-bond donors (Lipinski definition) is 2. The van der Waals surface area contributed by atoms with Gasteiger partial charge in [-0.3, -0.25) is 4.98 Å². The van der Waals surface area contributed by atoms with Crippen LogP contribution in [0.4, 0.5) is 0 Å². The Morgan fingerprint density at radius 2 is 2.10 bits per heavy atom. The van der Waals surface area contributed by atoms with Gasteiger partial charge in [0.25, 0.3) is 0 Å². The van der Waals surface area contributed by atoms with Crippen LogP contribution in [0.25, 0.3) is 0 Å². The molecule has 1 fully saturated rings. The van der Waals surface area contributed by atoms with E-state index in [-0.39, 0.29) is 5.41 Å². The predicted molar refractivity (Wildman–Crippen MR) is 88.3 cm³/mol. The molecule has 1 heterocycles. The van der Waals surface area contributed by atoms with E-state index in [4.69, 9.17) is 5.73 Å². The summed E-state index contributed by atoms with van der Waals surface area (Å²) in [6.07, 6.45) is 6.61. The van der Waals surface area contributed by atoms with E-state index in [2.05, 4.69) is 43.8 Å². The van der Waals surface area contributed by atoms with Gasteiger partial charge in [-0.25, -0.2) is 0 Å². The van der Waals surface area contributed by atoms with Crippen LogP contribution in [0.5, 0.6) is 0 Å². The van der Waals surface area contributed by atoms with Crippen LogP contribution in [0.3, 0.4) is 0 Å². The number of aliphatic hydroxyl groups is 1. The lowest BCUT2D eigenvalue weighted by Crippen LogP contribution is -2.40. The fraction of sp³-hybridized carbons (Fsp3) is 0.667. The third-order valence-electron chi connectivity index (χ3n) is 4.76.